The summed E-state index contributed by atoms with van der Waals surface area (Å²) >= 11 is 0. The van der Waals surface area contributed by atoms with Crippen LogP contribution in [0.1, 0.15) is 26.2 Å². The van der Waals surface area contributed by atoms with Crippen molar-refractivity contribution < 1.29 is 9.00 Å². The lowest BCUT2D eigenvalue weighted by Crippen LogP contribution is -2.44. The van der Waals surface area contributed by atoms with Crippen LogP contribution in [-0.2, 0) is 15.6 Å². The van der Waals surface area contributed by atoms with Crippen molar-refractivity contribution in [3.8, 4) is 0 Å². The van der Waals surface area contributed by atoms with E-state index in [1.54, 1.807) is 6.26 Å². The maximum absolute atomic E-state index is 11.7. The highest BCUT2D eigenvalue weighted by molar-refractivity contribution is 7.84. The summed E-state index contributed by atoms with van der Waals surface area (Å²) in [4.78, 5) is 13.8. The fourth-order valence-corrected chi connectivity index (χ4v) is 2.40. The van der Waals surface area contributed by atoms with Gasteiger partial charge in [-0.1, -0.05) is 6.92 Å². The third-order valence-corrected chi connectivity index (χ3v) is 4.81. The van der Waals surface area contributed by atoms with Crippen molar-refractivity contribution >= 4 is 16.7 Å². The van der Waals surface area contributed by atoms with Crippen LogP contribution in [0.25, 0.3) is 0 Å². The molecule has 2 unspecified atom stereocenters. The molecule has 1 fully saturated rings. The highest BCUT2D eigenvalue weighted by atomic mass is 32.2. The minimum atomic E-state index is -0.811. The zero-order valence-electron chi connectivity index (χ0n) is 11.4. The van der Waals surface area contributed by atoms with E-state index in [9.17, 15) is 9.00 Å². The molecule has 3 N–H and O–H groups in total. The molecule has 1 aliphatic heterocycles. The fourth-order valence-electron chi connectivity index (χ4n) is 1.95. The van der Waals surface area contributed by atoms with E-state index in [-0.39, 0.29) is 11.2 Å². The summed E-state index contributed by atoms with van der Waals surface area (Å²) in [5, 5.41) is 3.02. The summed E-state index contributed by atoms with van der Waals surface area (Å²) in [7, 11) is -0.811. The molecule has 6 heteroatoms. The molecule has 1 rings (SSSR count). The van der Waals surface area contributed by atoms with Crippen LogP contribution in [0.15, 0.2) is 0 Å². The van der Waals surface area contributed by atoms with Gasteiger partial charge < -0.3 is 11.1 Å². The van der Waals surface area contributed by atoms with Gasteiger partial charge in [0.15, 0.2) is 0 Å². The number of nitrogens with zero attached hydrogens (tertiary/aromatic N) is 1. The summed E-state index contributed by atoms with van der Waals surface area (Å²) < 4.78 is 11.1. The van der Waals surface area contributed by atoms with Crippen LogP contribution in [0.3, 0.4) is 0 Å². The summed E-state index contributed by atoms with van der Waals surface area (Å²) in [5.74, 6) is 0.0551. The number of hydrogen-bond donors (Lipinski definition) is 2. The van der Waals surface area contributed by atoms with E-state index in [0.29, 0.717) is 19.1 Å². The molecule has 0 aromatic heterocycles. The van der Waals surface area contributed by atoms with E-state index in [0.717, 1.165) is 32.4 Å². The monoisotopic (exact) mass is 275 g/mol. The molecule has 5 nitrogen and oxygen atoms in total. The van der Waals surface area contributed by atoms with Gasteiger partial charge >= 0.3 is 0 Å². The largest absolute Gasteiger partial charge is 0.355 e. The lowest BCUT2D eigenvalue weighted by atomic mass is 10.1. The zero-order chi connectivity index (χ0) is 13.5. The highest BCUT2D eigenvalue weighted by Gasteiger charge is 2.18. The number of likely N-dealkylation sites (tertiary alicyclic amines) is 1. The molecular weight excluding hydrogens is 250 g/mol. The lowest BCUT2D eigenvalue weighted by molar-refractivity contribution is -0.122. The Kier molecular flexibility index (Phi) is 6.81. The van der Waals surface area contributed by atoms with Crippen LogP contribution in [-0.4, -0.2) is 58.7 Å². The van der Waals surface area contributed by atoms with Gasteiger partial charge in [0, 0.05) is 48.0 Å². The lowest BCUT2D eigenvalue weighted by Gasteiger charge is -2.29. The van der Waals surface area contributed by atoms with Crippen LogP contribution in [0.4, 0.5) is 0 Å². The number of nitrogens with two attached hydrogens (primary N) is 1. The first-order valence-electron chi connectivity index (χ1n) is 6.56. The molecule has 0 spiro atoms. The van der Waals surface area contributed by atoms with Gasteiger partial charge in [-0.2, -0.15) is 0 Å². The minimum Gasteiger partial charge on any atom is -0.355 e. The van der Waals surface area contributed by atoms with Gasteiger partial charge in [0.05, 0.1) is 6.54 Å². The van der Waals surface area contributed by atoms with Gasteiger partial charge in [0.25, 0.3) is 0 Å². The Morgan fingerprint density at radius 1 is 1.50 bits per heavy atom. The fraction of sp³-hybridized carbons (Fsp3) is 0.917. The SMILES string of the molecule is CC(CCNC(=O)CN1CCC(N)CC1)S(C)=O. The average Bonchev–Trinajstić information content (AvgIpc) is 2.32. The predicted octanol–water partition coefficient (Wildman–Crippen LogP) is -0.317. The van der Waals surface area contributed by atoms with E-state index in [1.807, 2.05) is 6.92 Å². The highest BCUT2D eigenvalue weighted by Crippen LogP contribution is 2.07. The number of amides is 1. The van der Waals surface area contributed by atoms with Crippen molar-refractivity contribution in [2.45, 2.75) is 37.5 Å². The van der Waals surface area contributed by atoms with Crippen LogP contribution in [0.2, 0.25) is 0 Å². The van der Waals surface area contributed by atoms with Gasteiger partial charge in [0.1, 0.15) is 0 Å². The van der Waals surface area contributed by atoms with Gasteiger partial charge in [-0.3, -0.25) is 13.9 Å². The van der Waals surface area contributed by atoms with Crippen LogP contribution in [0, 0.1) is 0 Å². The number of nitrogens with one attached hydrogen (secondary N) is 1. The summed E-state index contributed by atoms with van der Waals surface area (Å²) in [6, 6.07) is 0.296. The molecular formula is C12H25N3O2S. The van der Waals surface area contributed by atoms with E-state index >= 15 is 0 Å². The topological polar surface area (TPSA) is 75.4 Å². The molecule has 1 heterocycles. The Morgan fingerprint density at radius 2 is 2.11 bits per heavy atom. The molecule has 0 aromatic rings. The van der Waals surface area contributed by atoms with Crippen molar-refractivity contribution in [1.82, 2.24) is 10.2 Å². The number of hydrogen-bond acceptors (Lipinski definition) is 4. The molecule has 2 atom stereocenters. The first-order chi connectivity index (χ1) is 8.49. The number of piperidine rings is 1. The van der Waals surface area contributed by atoms with Crippen LogP contribution in [0.5, 0.6) is 0 Å². The van der Waals surface area contributed by atoms with Gasteiger partial charge in [-0.25, -0.2) is 0 Å². The van der Waals surface area contributed by atoms with Crippen molar-refractivity contribution in [3.63, 3.8) is 0 Å². The summed E-state index contributed by atoms with van der Waals surface area (Å²) in [6.07, 6.45) is 4.40. The van der Waals surface area contributed by atoms with Crippen molar-refractivity contribution in [1.29, 1.82) is 0 Å². The second kappa shape index (κ2) is 7.86. The molecule has 18 heavy (non-hydrogen) atoms. The Balaban J connectivity index is 2.12. The third-order valence-electron chi connectivity index (χ3n) is 3.44. The molecule has 0 radical (unpaired) electrons. The van der Waals surface area contributed by atoms with E-state index in [1.165, 1.54) is 0 Å². The summed E-state index contributed by atoms with van der Waals surface area (Å²) in [6.45, 7) is 4.81. The normalized spacial score (nSPS) is 21.5. The first kappa shape index (κ1) is 15.6. The quantitative estimate of drug-likeness (QED) is 0.697. The second-order valence-corrected chi connectivity index (χ2v) is 6.86. The van der Waals surface area contributed by atoms with Gasteiger partial charge in [0.2, 0.25) is 5.91 Å². The van der Waals surface area contributed by atoms with E-state index < -0.39 is 10.8 Å². The molecule has 1 aliphatic rings. The van der Waals surface area contributed by atoms with E-state index in [4.69, 9.17) is 5.73 Å². The first-order valence-corrected chi connectivity index (χ1v) is 8.18. The smallest absolute Gasteiger partial charge is 0.234 e. The number of carbonyl (C=O) groups excluding carboxylic acids is 1. The van der Waals surface area contributed by atoms with Crippen molar-refractivity contribution in [3.05, 3.63) is 0 Å². The van der Waals surface area contributed by atoms with Crippen LogP contribution >= 0.6 is 0 Å². The standard InChI is InChI=1S/C12H25N3O2S/c1-10(18(2)17)3-6-14-12(16)9-15-7-4-11(13)5-8-15/h10-11H,3-9,13H2,1-2H3,(H,14,16). The summed E-state index contributed by atoms with van der Waals surface area (Å²) in [5.41, 5.74) is 5.81. The average molecular weight is 275 g/mol. The van der Waals surface area contributed by atoms with Crippen molar-refractivity contribution in [2.24, 2.45) is 5.73 Å². The molecule has 0 bridgehead atoms. The molecule has 0 aliphatic carbocycles. The molecule has 1 amide bonds. The van der Waals surface area contributed by atoms with Crippen molar-refractivity contribution in [2.75, 3.05) is 32.4 Å². The maximum atomic E-state index is 11.7. The molecule has 0 saturated carbocycles. The molecule has 0 aromatic carbocycles. The Bertz CT molecular complexity index is 291. The maximum Gasteiger partial charge on any atom is 0.234 e. The zero-order valence-corrected chi connectivity index (χ0v) is 12.2. The third kappa shape index (κ3) is 5.93. The van der Waals surface area contributed by atoms with Gasteiger partial charge in [-0.15, -0.1) is 0 Å². The predicted molar refractivity (Wildman–Crippen MR) is 74.8 cm³/mol. The minimum absolute atomic E-state index is 0.0551. The van der Waals surface area contributed by atoms with E-state index in [2.05, 4.69) is 10.2 Å². The van der Waals surface area contributed by atoms with Gasteiger partial charge in [-0.05, 0) is 19.3 Å². The second-order valence-electron chi connectivity index (χ2n) is 5.06. The van der Waals surface area contributed by atoms with Crippen LogP contribution < -0.4 is 11.1 Å². The number of rotatable bonds is 6. The Morgan fingerprint density at radius 3 is 2.67 bits per heavy atom. The molecule has 106 valence electrons. The Hall–Kier alpha value is -0.460. The Labute approximate surface area is 112 Å². The number of carbonyl (C=O) groups is 1. The molecule has 1 saturated heterocycles.